The fourth-order valence-electron chi connectivity index (χ4n) is 0.703. The highest BCUT2D eigenvalue weighted by atomic mass is 79.9. The molecule has 11 heavy (non-hydrogen) atoms. The predicted molar refractivity (Wildman–Crippen MR) is 50.0 cm³/mol. The van der Waals surface area contributed by atoms with Crippen LogP contribution in [0.4, 0.5) is 0 Å². The van der Waals surface area contributed by atoms with Crippen molar-refractivity contribution in [3.8, 4) is 0 Å². The van der Waals surface area contributed by atoms with Crippen LogP contribution in [-0.4, -0.2) is 11.5 Å². The number of hydrogen-bond donors (Lipinski definition) is 1. The second-order valence-corrected chi connectivity index (χ2v) is 2.99. The summed E-state index contributed by atoms with van der Waals surface area (Å²) in [6.45, 7) is 4.27. The van der Waals surface area contributed by atoms with E-state index in [-0.39, 0.29) is 0 Å². The minimum Gasteiger partial charge on any atom is -0.326 e. The molecule has 1 heterocycles. The number of halogens is 1. The SMILES string of the molecule is C=C(CN)c1ccc(Br)nc1. The van der Waals surface area contributed by atoms with Gasteiger partial charge < -0.3 is 5.73 Å². The smallest absolute Gasteiger partial charge is 0.106 e. The quantitative estimate of drug-likeness (QED) is 0.761. The molecule has 3 heteroatoms. The first kappa shape index (κ1) is 8.43. The summed E-state index contributed by atoms with van der Waals surface area (Å²) in [6, 6.07) is 3.81. The van der Waals surface area contributed by atoms with Gasteiger partial charge in [0.1, 0.15) is 4.60 Å². The standard InChI is InChI=1S/C8H9BrN2/c1-6(4-10)7-2-3-8(9)11-5-7/h2-3,5H,1,4,10H2. The molecular formula is C8H9BrN2. The maximum absolute atomic E-state index is 5.40. The van der Waals surface area contributed by atoms with Gasteiger partial charge in [0, 0.05) is 12.7 Å². The van der Waals surface area contributed by atoms with Gasteiger partial charge in [-0.3, -0.25) is 0 Å². The molecule has 1 rings (SSSR count). The number of nitrogens with two attached hydrogens (primary N) is 1. The van der Waals surface area contributed by atoms with Gasteiger partial charge in [-0.2, -0.15) is 0 Å². The molecule has 1 aromatic heterocycles. The molecule has 0 unspecified atom stereocenters. The molecule has 0 aromatic carbocycles. The zero-order valence-electron chi connectivity index (χ0n) is 6.05. The highest BCUT2D eigenvalue weighted by molar-refractivity contribution is 9.10. The lowest BCUT2D eigenvalue weighted by molar-refractivity contribution is 1.22. The molecule has 0 fully saturated rings. The summed E-state index contributed by atoms with van der Waals surface area (Å²) in [7, 11) is 0. The number of aromatic nitrogens is 1. The van der Waals surface area contributed by atoms with E-state index in [0.717, 1.165) is 15.7 Å². The number of nitrogens with zero attached hydrogens (tertiary/aromatic N) is 1. The molecule has 0 atom stereocenters. The Morgan fingerprint density at radius 2 is 2.36 bits per heavy atom. The Balaban J connectivity index is 2.90. The Morgan fingerprint density at radius 3 is 2.82 bits per heavy atom. The second-order valence-electron chi connectivity index (χ2n) is 2.18. The average Bonchev–Trinajstić information content (AvgIpc) is 2.05. The fourth-order valence-corrected chi connectivity index (χ4v) is 0.937. The largest absolute Gasteiger partial charge is 0.326 e. The first-order valence-corrected chi connectivity index (χ1v) is 4.03. The van der Waals surface area contributed by atoms with Crippen LogP contribution in [0.1, 0.15) is 5.56 Å². The van der Waals surface area contributed by atoms with Crippen LogP contribution < -0.4 is 5.73 Å². The first-order valence-electron chi connectivity index (χ1n) is 3.24. The summed E-state index contributed by atoms with van der Waals surface area (Å²) in [5, 5.41) is 0. The predicted octanol–water partition coefficient (Wildman–Crippen LogP) is 1.82. The van der Waals surface area contributed by atoms with Crippen LogP contribution in [0, 0.1) is 0 Å². The third-order valence-corrected chi connectivity index (χ3v) is 1.85. The molecular weight excluding hydrogens is 204 g/mol. The molecule has 0 spiro atoms. The summed E-state index contributed by atoms with van der Waals surface area (Å²) in [4.78, 5) is 4.05. The Hall–Kier alpha value is -0.670. The van der Waals surface area contributed by atoms with E-state index in [0.29, 0.717) is 6.54 Å². The van der Waals surface area contributed by atoms with Crippen LogP contribution in [0.2, 0.25) is 0 Å². The third kappa shape index (κ3) is 2.13. The van der Waals surface area contributed by atoms with Gasteiger partial charge in [-0.05, 0) is 33.1 Å². The zero-order valence-corrected chi connectivity index (χ0v) is 7.63. The molecule has 0 aliphatic carbocycles. The van der Waals surface area contributed by atoms with Gasteiger partial charge in [0.2, 0.25) is 0 Å². The first-order chi connectivity index (χ1) is 5.24. The van der Waals surface area contributed by atoms with Crippen molar-refractivity contribution in [2.24, 2.45) is 5.73 Å². The van der Waals surface area contributed by atoms with Crippen molar-refractivity contribution in [1.82, 2.24) is 4.98 Å². The molecule has 2 nitrogen and oxygen atoms in total. The van der Waals surface area contributed by atoms with Gasteiger partial charge in [0.15, 0.2) is 0 Å². The topological polar surface area (TPSA) is 38.9 Å². The fraction of sp³-hybridized carbons (Fsp3) is 0.125. The van der Waals surface area contributed by atoms with Crippen LogP contribution in [0.5, 0.6) is 0 Å². The minimum atomic E-state index is 0.476. The van der Waals surface area contributed by atoms with Crippen LogP contribution in [0.25, 0.3) is 5.57 Å². The lowest BCUT2D eigenvalue weighted by atomic mass is 10.1. The number of pyridine rings is 1. The molecule has 2 N–H and O–H groups in total. The van der Waals surface area contributed by atoms with Crippen molar-refractivity contribution in [2.75, 3.05) is 6.54 Å². The van der Waals surface area contributed by atoms with Crippen LogP contribution in [-0.2, 0) is 0 Å². The van der Waals surface area contributed by atoms with Gasteiger partial charge in [-0.1, -0.05) is 12.6 Å². The van der Waals surface area contributed by atoms with E-state index in [1.54, 1.807) is 6.20 Å². The second kappa shape index (κ2) is 3.64. The summed E-state index contributed by atoms with van der Waals surface area (Å²) in [6.07, 6.45) is 1.75. The highest BCUT2D eigenvalue weighted by Gasteiger charge is 1.95. The molecule has 0 aliphatic rings. The number of hydrogen-bond acceptors (Lipinski definition) is 2. The van der Waals surface area contributed by atoms with Crippen molar-refractivity contribution in [3.63, 3.8) is 0 Å². The lowest BCUT2D eigenvalue weighted by Crippen LogP contribution is -2.00. The van der Waals surface area contributed by atoms with Crippen molar-refractivity contribution in [2.45, 2.75) is 0 Å². The summed E-state index contributed by atoms with van der Waals surface area (Å²) < 4.78 is 0.825. The molecule has 0 bridgehead atoms. The Bertz CT molecular complexity index is 253. The van der Waals surface area contributed by atoms with Gasteiger partial charge in [0.05, 0.1) is 0 Å². The van der Waals surface area contributed by atoms with E-state index in [9.17, 15) is 0 Å². The van der Waals surface area contributed by atoms with E-state index in [2.05, 4.69) is 27.5 Å². The lowest BCUT2D eigenvalue weighted by Gasteiger charge is -2.00. The summed E-state index contributed by atoms with van der Waals surface area (Å²) in [5.74, 6) is 0. The van der Waals surface area contributed by atoms with E-state index in [1.165, 1.54) is 0 Å². The molecule has 0 radical (unpaired) electrons. The normalized spacial score (nSPS) is 9.64. The van der Waals surface area contributed by atoms with Crippen molar-refractivity contribution >= 4 is 21.5 Å². The van der Waals surface area contributed by atoms with Crippen molar-refractivity contribution in [3.05, 3.63) is 35.1 Å². The van der Waals surface area contributed by atoms with Crippen LogP contribution >= 0.6 is 15.9 Å². The van der Waals surface area contributed by atoms with E-state index in [4.69, 9.17) is 5.73 Å². The Kier molecular flexibility index (Phi) is 2.79. The van der Waals surface area contributed by atoms with Gasteiger partial charge in [-0.15, -0.1) is 0 Å². The molecule has 0 saturated carbocycles. The summed E-state index contributed by atoms with van der Waals surface area (Å²) >= 11 is 3.24. The van der Waals surface area contributed by atoms with Crippen LogP contribution in [0.15, 0.2) is 29.5 Å². The Morgan fingerprint density at radius 1 is 1.64 bits per heavy atom. The minimum absolute atomic E-state index is 0.476. The van der Waals surface area contributed by atoms with Gasteiger partial charge in [0.25, 0.3) is 0 Å². The highest BCUT2D eigenvalue weighted by Crippen LogP contribution is 2.12. The third-order valence-electron chi connectivity index (χ3n) is 1.38. The molecule has 1 aromatic rings. The zero-order chi connectivity index (χ0) is 8.27. The van der Waals surface area contributed by atoms with E-state index < -0.39 is 0 Å². The average molecular weight is 213 g/mol. The van der Waals surface area contributed by atoms with E-state index in [1.807, 2.05) is 12.1 Å². The van der Waals surface area contributed by atoms with E-state index >= 15 is 0 Å². The Labute approximate surface area is 74.3 Å². The molecule has 58 valence electrons. The molecule has 0 amide bonds. The van der Waals surface area contributed by atoms with Gasteiger partial charge >= 0.3 is 0 Å². The maximum Gasteiger partial charge on any atom is 0.106 e. The number of rotatable bonds is 2. The van der Waals surface area contributed by atoms with Crippen molar-refractivity contribution in [1.29, 1.82) is 0 Å². The van der Waals surface area contributed by atoms with Crippen LogP contribution in [0.3, 0.4) is 0 Å². The molecule has 0 aliphatic heterocycles. The monoisotopic (exact) mass is 212 g/mol. The van der Waals surface area contributed by atoms with Gasteiger partial charge in [-0.25, -0.2) is 4.98 Å². The molecule has 0 saturated heterocycles. The maximum atomic E-state index is 5.40. The van der Waals surface area contributed by atoms with Crippen molar-refractivity contribution < 1.29 is 0 Å². The summed E-state index contributed by atoms with van der Waals surface area (Å²) in [5.41, 5.74) is 7.31.